The van der Waals surface area contributed by atoms with Gasteiger partial charge in [-0.2, -0.15) is 0 Å². The molecule has 8 heteroatoms. The maximum atomic E-state index is 13.6. The van der Waals surface area contributed by atoms with Crippen LogP contribution >= 0.6 is 11.6 Å². The number of halogens is 1. The molecule has 0 saturated heterocycles. The van der Waals surface area contributed by atoms with Crippen LogP contribution in [-0.4, -0.2) is 25.4 Å². The Bertz CT molecular complexity index is 1600. The Labute approximate surface area is 206 Å². The number of anilines is 1. The maximum Gasteiger partial charge on any atom is 0.278 e. The highest BCUT2D eigenvalue weighted by atomic mass is 35.5. The topological polar surface area (TPSA) is 89.8 Å². The number of nitrogens with one attached hydrogen (secondary N) is 1. The monoisotopic (exact) mass is 481 g/mol. The summed E-state index contributed by atoms with van der Waals surface area (Å²) in [5.41, 5.74) is 4.43. The third kappa shape index (κ3) is 4.81. The van der Waals surface area contributed by atoms with Crippen molar-refractivity contribution in [3.05, 3.63) is 123 Å². The lowest BCUT2D eigenvalue weighted by atomic mass is 10.1. The summed E-state index contributed by atoms with van der Waals surface area (Å²) in [5.74, 6) is -0.296. The number of benzene rings is 2. The molecule has 0 fully saturated rings. The zero-order valence-corrected chi connectivity index (χ0v) is 19.5. The molecule has 0 radical (unpaired) electrons. The van der Waals surface area contributed by atoms with Gasteiger partial charge in [-0.15, -0.1) is 0 Å². The lowest BCUT2D eigenvalue weighted by Gasteiger charge is -2.13. The summed E-state index contributed by atoms with van der Waals surface area (Å²) in [6.45, 7) is 1.88. The number of carbonyl (C=O) groups is 1. The Morgan fingerprint density at radius 2 is 1.89 bits per heavy atom. The first kappa shape index (κ1) is 22.4. The molecule has 0 aliphatic heterocycles. The van der Waals surface area contributed by atoms with E-state index in [0.29, 0.717) is 45.2 Å². The highest BCUT2D eigenvalue weighted by Crippen LogP contribution is 2.20. The lowest BCUT2D eigenvalue weighted by Crippen LogP contribution is -2.25. The Morgan fingerprint density at radius 3 is 2.69 bits per heavy atom. The molecule has 0 aliphatic rings. The largest absolute Gasteiger partial charge is 0.322 e. The lowest BCUT2D eigenvalue weighted by molar-refractivity contribution is 0.102. The van der Waals surface area contributed by atoms with Crippen LogP contribution in [0.5, 0.6) is 0 Å². The number of aryl methyl sites for hydroxylation is 1. The number of carbonyl (C=O) groups excluding carboxylic acids is 1. The molecule has 0 bridgehead atoms. The van der Waals surface area contributed by atoms with Crippen molar-refractivity contribution in [2.24, 2.45) is 0 Å². The molecule has 3 heterocycles. The second kappa shape index (κ2) is 9.48. The zero-order valence-electron chi connectivity index (χ0n) is 18.8. The summed E-state index contributed by atoms with van der Waals surface area (Å²) in [4.78, 5) is 39.5. The highest BCUT2D eigenvalue weighted by Gasteiger charge is 2.15. The smallest absolute Gasteiger partial charge is 0.278 e. The van der Waals surface area contributed by atoms with Crippen LogP contribution in [0.15, 0.2) is 90.1 Å². The number of amides is 1. The van der Waals surface area contributed by atoms with Crippen molar-refractivity contribution in [1.82, 2.24) is 19.5 Å². The molecule has 35 heavy (non-hydrogen) atoms. The number of fused-ring (bicyclic) bond motifs is 1. The van der Waals surface area contributed by atoms with Gasteiger partial charge < -0.3 is 5.32 Å². The third-order valence-electron chi connectivity index (χ3n) is 5.44. The van der Waals surface area contributed by atoms with Gasteiger partial charge in [0.25, 0.3) is 11.5 Å². The molecule has 1 amide bonds. The molecule has 0 unspecified atom stereocenters. The normalized spacial score (nSPS) is 10.9. The summed E-state index contributed by atoms with van der Waals surface area (Å²) < 4.78 is 1.52. The molecule has 1 N–H and O–H groups in total. The average molecular weight is 482 g/mol. The number of hydrogen-bond acceptors (Lipinski definition) is 5. The van der Waals surface area contributed by atoms with Crippen molar-refractivity contribution in [3.8, 4) is 5.69 Å². The first-order valence-corrected chi connectivity index (χ1v) is 11.3. The fraction of sp³-hybridized carbons (Fsp3) is 0.0741. The standard InChI is InChI=1S/C27H20ClN5O2/c1-17-11-19(14-20(28)12-17)26(34)31-21-6-2-7-22(15-21)33-25-23(8-4-10-30-25)32-24(27(33)35)13-18-5-3-9-29-16-18/h2-12,14-16H,13H2,1H3,(H,31,34). The van der Waals surface area contributed by atoms with Gasteiger partial charge in [0.1, 0.15) is 11.2 Å². The molecule has 3 aromatic heterocycles. The predicted molar refractivity (Wildman–Crippen MR) is 136 cm³/mol. The molecule has 172 valence electrons. The van der Waals surface area contributed by atoms with Crippen LogP contribution in [0.4, 0.5) is 5.69 Å². The minimum absolute atomic E-state index is 0.283. The minimum atomic E-state index is -0.296. The van der Waals surface area contributed by atoms with Crippen LogP contribution in [0, 0.1) is 6.92 Å². The van der Waals surface area contributed by atoms with Gasteiger partial charge in [-0.25, -0.2) is 9.97 Å². The summed E-state index contributed by atoms with van der Waals surface area (Å²) in [6, 6.07) is 19.6. The number of hydrogen-bond donors (Lipinski definition) is 1. The van der Waals surface area contributed by atoms with Gasteiger partial charge in [0, 0.05) is 41.3 Å². The quantitative estimate of drug-likeness (QED) is 0.382. The number of pyridine rings is 2. The van der Waals surface area contributed by atoms with E-state index in [2.05, 4.69) is 20.3 Å². The van der Waals surface area contributed by atoms with E-state index in [1.165, 1.54) is 4.57 Å². The average Bonchev–Trinajstić information content (AvgIpc) is 2.85. The van der Waals surface area contributed by atoms with Crippen molar-refractivity contribution in [2.45, 2.75) is 13.3 Å². The zero-order chi connectivity index (χ0) is 24.4. The van der Waals surface area contributed by atoms with E-state index in [4.69, 9.17) is 11.6 Å². The van der Waals surface area contributed by atoms with Crippen LogP contribution in [0.25, 0.3) is 16.9 Å². The second-order valence-electron chi connectivity index (χ2n) is 8.10. The van der Waals surface area contributed by atoms with Gasteiger partial charge in [0.05, 0.1) is 5.69 Å². The predicted octanol–water partition coefficient (Wildman–Crippen LogP) is 4.98. The third-order valence-corrected chi connectivity index (χ3v) is 5.66. The molecular formula is C27H20ClN5O2. The van der Waals surface area contributed by atoms with E-state index >= 15 is 0 Å². The first-order valence-electron chi connectivity index (χ1n) is 10.9. The molecule has 2 aromatic carbocycles. The SMILES string of the molecule is Cc1cc(Cl)cc(C(=O)Nc2cccc(-n3c(=O)c(Cc4cccnc4)nc4cccnc43)c2)c1. The maximum absolute atomic E-state index is 13.6. The Hall–Kier alpha value is -4.36. The molecular weight excluding hydrogens is 462 g/mol. The fourth-order valence-corrected chi connectivity index (χ4v) is 4.20. The number of rotatable bonds is 5. The highest BCUT2D eigenvalue weighted by molar-refractivity contribution is 6.31. The van der Waals surface area contributed by atoms with Crippen LogP contribution in [-0.2, 0) is 6.42 Å². The van der Waals surface area contributed by atoms with E-state index in [1.54, 1.807) is 67.1 Å². The van der Waals surface area contributed by atoms with Gasteiger partial charge in [-0.1, -0.05) is 23.7 Å². The second-order valence-corrected chi connectivity index (χ2v) is 8.54. The van der Waals surface area contributed by atoms with Crippen LogP contribution in [0.2, 0.25) is 5.02 Å². The van der Waals surface area contributed by atoms with Gasteiger partial charge >= 0.3 is 0 Å². The van der Waals surface area contributed by atoms with Crippen LogP contribution in [0.1, 0.15) is 27.2 Å². The van der Waals surface area contributed by atoms with E-state index in [1.807, 2.05) is 25.1 Å². The van der Waals surface area contributed by atoms with E-state index in [9.17, 15) is 9.59 Å². The Balaban J connectivity index is 1.56. The molecule has 0 saturated carbocycles. The van der Waals surface area contributed by atoms with Crippen molar-refractivity contribution >= 4 is 34.4 Å². The van der Waals surface area contributed by atoms with E-state index in [0.717, 1.165) is 11.1 Å². The molecule has 0 spiro atoms. The summed E-state index contributed by atoms with van der Waals surface area (Å²) >= 11 is 6.11. The Morgan fingerprint density at radius 1 is 1.03 bits per heavy atom. The van der Waals surface area contributed by atoms with Gasteiger partial charge in [-0.05, 0) is 72.6 Å². The minimum Gasteiger partial charge on any atom is -0.322 e. The van der Waals surface area contributed by atoms with Crippen molar-refractivity contribution in [3.63, 3.8) is 0 Å². The van der Waals surface area contributed by atoms with Crippen molar-refractivity contribution < 1.29 is 4.79 Å². The Kier molecular flexibility index (Phi) is 6.08. The van der Waals surface area contributed by atoms with Gasteiger partial charge in [0.15, 0.2) is 5.65 Å². The molecule has 0 aliphatic carbocycles. The molecule has 0 atom stereocenters. The van der Waals surface area contributed by atoms with Gasteiger partial charge in [-0.3, -0.25) is 19.1 Å². The van der Waals surface area contributed by atoms with Crippen LogP contribution in [0.3, 0.4) is 0 Å². The van der Waals surface area contributed by atoms with Gasteiger partial charge in [0.2, 0.25) is 0 Å². The van der Waals surface area contributed by atoms with Crippen LogP contribution < -0.4 is 10.9 Å². The number of aromatic nitrogens is 4. The number of nitrogens with zero attached hydrogens (tertiary/aromatic N) is 4. The van der Waals surface area contributed by atoms with Crippen molar-refractivity contribution in [1.29, 1.82) is 0 Å². The fourth-order valence-electron chi connectivity index (χ4n) is 3.91. The molecule has 5 rings (SSSR count). The first-order chi connectivity index (χ1) is 17.0. The summed E-state index contributed by atoms with van der Waals surface area (Å²) in [7, 11) is 0. The summed E-state index contributed by atoms with van der Waals surface area (Å²) in [6.07, 6.45) is 5.35. The molecule has 7 nitrogen and oxygen atoms in total. The van der Waals surface area contributed by atoms with Crippen molar-refractivity contribution in [2.75, 3.05) is 5.32 Å². The summed E-state index contributed by atoms with van der Waals surface area (Å²) in [5, 5.41) is 3.38. The van der Waals surface area contributed by atoms with E-state index in [-0.39, 0.29) is 11.5 Å². The molecule has 5 aromatic rings. The van der Waals surface area contributed by atoms with E-state index < -0.39 is 0 Å².